The van der Waals surface area contributed by atoms with Gasteiger partial charge in [-0.15, -0.1) is 0 Å². The maximum absolute atomic E-state index is 12.5. The van der Waals surface area contributed by atoms with Crippen LogP contribution in [0.2, 0.25) is 0 Å². The zero-order valence-electron chi connectivity index (χ0n) is 18.5. The molecule has 0 unspecified atom stereocenters. The summed E-state index contributed by atoms with van der Waals surface area (Å²) in [6, 6.07) is 4.22. The molecule has 2 amide bonds. The average Bonchev–Trinajstić information content (AvgIpc) is 3.14. The van der Waals surface area contributed by atoms with E-state index in [1.165, 1.54) is 0 Å². The van der Waals surface area contributed by atoms with Crippen LogP contribution in [0, 0.1) is 0 Å². The Morgan fingerprint density at radius 1 is 1.29 bits per heavy atom. The van der Waals surface area contributed by atoms with Crippen LogP contribution in [-0.2, 0) is 4.79 Å². The van der Waals surface area contributed by atoms with E-state index in [1.807, 2.05) is 18.0 Å². The summed E-state index contributed by atoms with van der Waals surface area (Å²) < 4.78 is 51.9. The van der Waals surface area contributed by atoms with Crippen molar-refractivity contribution < 1.29 is 37.0 Å². The van der Waals surface area contributed by atoms with E-state index in [9.17, 15) is 22.4 Å². The fourth-order valence-corrected chi connectivity index (χ4v) is 4.13. The van der Waals surface area contributed by atoms with Gasteiger partial charge in [0.2, 0.25) is 5.88 Å². The Bertz CT molecular complexity index is 848. The molecule has 3 heterocycles. The van der Waals surface area contributed by atoms with E-state index in [0.717, 1.165) is 43.9 Å². The number of hydrogen-bond donors (Lipinski definition) is 2. The molecule has 0 bridgehead atoms. The number of urea groups is 1. The molecular weight excluding hydrogens is 482 g/mol. The number of pyridine rings is 1. The van der Waals surface area contributed by atoms with Crippen LogP contribution in [0.5, 0.6) is 5.88 Å². The number of aromatic nitrogens is 1. The van der Waals surface area contributed by atoms with E-state index >= 15 is 0 Å². The number of rotatable bonds is 7. The summed E-state index contributed by atoms with van der Waals surface area (Å²) in [6.45, 7) is 3.75. The lowest BCUT2D eigenvalue weighted by atomic mass is 10.1. The van der Waals surface area contributed by atoms with Crippen LogP contribution in [0.25, 0.3) is 0 Å². The number of carboxylic acid groups (broad SMARTS) is 1. The summed E-state index contributed by atoms with van der Waals surface area (Å²) in [5.41, 5.74) is 5.79. The van der Waals surface area contributed by atoms with Gasteiger partial charge in [-0.3, -0.25) is 0 Å². The highest BCUT2D eigenvalue weighted by molar-refractivity contribution is 7.97. The Balaban J connectivity index is 0.000000509. The number of halogens is 4. The van der Waals surface area contributed by atoms with Crippen molar-refractivity contribution in [3.8, 4) is 5.88 Å². The standard InChI is InChI=1S/C18H26FN5O2S.C2HF3O2/c1-22-8-9-24(18(22)25)15-4-6-23(7-5-15)27-16-2-3-17(21-12-16)26-13-14(10-19)11-20;3-2(4,5)1(6)7/h2-3,10,12,15H,4-9,11,13,20H2,1H3;(H,6,7)/b14-10-;. The SMILES string of the molecule is CN1CCN(C2CCN(Sc3ccc(OC/C(=C\F)CN)nc3)CC2)C1=O.O=C(O)C(F)(F)F. The number of ether oxygens (including phenoxy) is 1. The van der Waals surface area contributed by atoms with Crippen LogP contribution >= 0.6 is 11.9 Å². The molecule has 9 nitrogen and oxygen atoms in total. The van der Waals surface area contributed by atoms with E-state index in [0.29, 0.717) is 23.8 Å². The van der Waals surface area contributed by atoms with Crippen LogP contribution in [0.15, 0.2) is 35.1 Å². The fraction of sp³-hybridized carbons (Fsp3) is 0.550. The number of carboxylic acids is 1. The van der Waals surface area contributed by atoms with Crippen LogP contribution < -0.4 is 10.5 Å². The topological polar surface area (TPSA) is 112 Å². The quantitative estimate of drug-likeness (QED) is 0.426. The van der Waals surface area contributed by atoms with E-state index in [1.54, 1.807) is 29.1 Å². The van der Waals surface area contributed by atoms with Gasteiger partial charge in [-0.2, -0.15) is 13.2 Å². The first-order valence-electron chi connectivity index (χ1n) is 10.4. The molecule has 0 saturated carbocycles. The Hall–Kier alpha value is -2.58. The lowest BCUT2D eigenvalue weighted by molar-refractivity contribution is -0.192. The molecule has 2 aliphatic heterocycles. The van der Waals surface area contributed by atoms with Gasteiger partial charge in [-0.05, 0) is 30.9 Å². The van der Waals surface area contributed by atoms with Crippen molar-refractivity contribution in [3.63, 3.8) is 0 Å². The van der Waals surface area contributed by atoms with Crippen LogP contribution in [0.1, 0.15) is 12.8 Å². The minimum absolute atomic E-state index is 0.102. The molecule has 3 N–H and O–H groups in total. The van der Waals surface area contributed by atoms with E-state index in [2.05, 4.69) is 9.29 Å². The molecule has 2 saturated heterocycles. The van der Waals surface area contributed by atoms with Crippen LogP contribution in [-0.4, -0.2) is 94.8 Å². The monoisotopic (exact) mass is 509 g/mol. The third kappa shape index (κ3) is 8.33. The molecule has 34 heavy (non-hydrogen) atoms. The number of nitrogens with two attached hydrogens (primary N) is 1. The van der Waals surface area contributed by atoms with Gasteiger partial charge in [0.05, 0.1) is 6.33 Å². The first kappa shape index (κ1) is 27.7. The first-order chi connectivity index (χ1) is 16.0. The Labute approximate surface area is 198 Å². The smallest absolute Gasteiger partial charge is 0.475 e. The van der Waals surface area contributed by atoms with Crippen LogP contribution in [0.3, 0.4) is 0 Å². The number of amides is 2. The summed E-state index contributed by atoms with van der Waals surface area (Å²) >= 11 is 1.66. The third-order valence-electron chi connectivity index (χ3n) is 5.12. The number of likely N-dealkylation sites (N-methyl/N-ethyl adjacent to an activating group) is 1. The molecule has 0 aromatic carbocycles. The summed E-state index contributed by atoms with van der Waals surface area (Å²) in [5.74, 6) is -2.31. The zero-order chi connectivity index (χ0) is 25.3. The molecule has 1 aromatic rings. The molecule has 190 valence electrons. The van der Waals surface area contributed by atoms with Crippen molar-refractivity contribution in [1.82, 2.24) is 19.1 Å². The second-order valence-electron chi connectivity index (χ2n) is 7.54. The van der Waals surface area contributed by atoms with Crippen molar-refractivity contribution in [3.05, 3.63) is 30.2 Å². The van der Waals surface area contributed by atoms with Gasteiger partial charge < -0.3 is 25.4 Å². The van der Waals surface area contributed by atoms with Crippen molar-refractivity contribution in [1.29, 1.82) is 0 Å². The maximum atomic E-state index is 12.5. The average molecular weight is 510 g/mol. The summed E-state index contributed by atoms with van der Waals surface area (Å²) in [6.07, 6.45) is -0.884. The lowest BCUT2D eigenvalue weighted by Crippen LogP contribution is -2.44. The predicted octanol–water partition coefficient (Wildman–Crippen LogP) is 2.74. The fourth-order valence-electron chi connectivity index (χ4n) is 3.21. The molecule has 2 fully saturated rings. The van der Waals surface area contributed by atoms with E-state index in [4.69, 9.17) is 20.4 Å². The normalized spacial score (nSPS) is 18.1. The molecule has 1 aromatic heterocycles. The Morgan fingerprint density at radius 3 is 2.38 bits per heavy atom. The third-order valence-corrected chi connectivity index (χ3v) is 6.20. The minimum atomic E-state index is -5.08. The largest absolute Gasteiger partial charge is 0.490 e. The van der Waals surface area contributed by atoms with Crippen molar-refractivity contribution >= 4 is 23.9 Å². The molecule has 2 aliphatic rings. The van der Waals surface area contributed by atoms with Crippen molar-refractivity contribution in [2.45, 2.75) is 30.0 Å². The number of carbonyl (C=O) groups excluding carboxylic acids is 1. The van der Waals surface area contributed by atoms with Gasteiger partial charge in [-0.25, -0.2) is 23.3 Å². The van der Waals surface area contributed by atoms with Gasteiger partial charge in [0, 0.05) is 68.5 Å². The van der Waals surface area contributed by atoms with Gasteiger partial charge in [0.25, 0.3) is 0 Å². The molecule has 0 spiro atoms. The van der Waals surface area contributed by atoms with E-state index in [-0.39, 0.29) is 19.2 Å². The zero-order valence-corrected chi connectivity index (χ0v) is 19.3. The number of alkyl halides is 3. The summed E-state index contributed by atoms with van der Waals surface area (Å²) in [5, 5.41) is 7.12. The van der Waals surface area contributed by atoms with Gasteiger partial charge in [0.15, 0.2) is 0 Å². The maximum Gasteiger partial charge on any atom is 0.490 e. The highest BCUT2D eigenvalue weighted by atomic mass is 32.2. The van der Waals surface area contributed by atoms with Gasteiger partial charge in [0.1, 0.15) is 6.61 Å². The second kappa shape index (κ2) is 12.8. The van der Waals surface area contributed by atoms with Crippen molar-refractivity contribution in [2.24, 2.45) is 5.73 Å². The molecule has 0 atom stereocenters. The van der Waals surface area contributed by atoms with Gasteiger partial charge in [-0.1, -0.05) is 0 Å². The summed E-state index contributed by atoms with van der Waals surface area (Å²) in [7, 11) is 1.86. The highest BCUT2D eigenvalue weighted by Gasteiger charge is 2.38. The number of nitrogens with zero attached hydrogens (tertiary/aromatic N) is 4. The van der Waals surface area contributed by atoms with Gasteiger partial charge >= 0.3 is 18.2 Å². The minimum Gasteiger partial charge on any atom is -0.475 e. The molecular formula is C20H27F4N5O4S. The number of piperidine rings is 1. The second-order valence-corrected chi connectivity index (χ2v) is 8.71. The van der Waals surface area contributed by atoms with E-state index < -0.39 is 12.1 Å². The van der Waals surface area contributed by atoms with Crippen LogP contribution in [0.4, 0.5) is 22.4 Å². The predicted molar refractivity (Wildman–Crippen MR) is 117 cm³/mol. The number of carbonyl (C=O) groups is 2. The Morgan fingerprint density at radius 2 is 1.94 bits per heavy atom. The Kier molecular flexibility index (Phi) is 10.4. The highest BCUT2D eigenvalue weighted by Crippen LogP contribution is 2.29. The van der Waals surface area contributed by atoms with Crippen molar-refractivity contribution in [2.75, 3.05) is 46.4 Å². The summed E-state index contributed by atoms with van der Waals surface area (Å²) in [4.78, 5) is 30.1. The number of aliphatic carboxylic acids is 1. The molecule has 3 rings (SSSR count). The molecule has 0 aliphatic carbocycles. The lowest BCUT2D eigenvalue weighted by Gasteiger charge is -2.35. The first-order valence-corrected chi connectivity index (χ1v) is 11.1. The molecule has 14 heteroatoms. The number of hydrogen-bond acceptors (Lipinski definition) is 7. The molecule has 0 radical (unpaired) electrons.